The molecule has 0 fully saturated rings. The number of carbonyl (C=O) groups excluding carboxylic acids is 2. The van der Waals surface area contributed by atoms with E-state index in [9.17, 15) is 29.4 Å². The molecule has 2 rings (SSSR count). The maximum absolute atomic E-state index is 12.1. The zero-order chi connectivity index (χ0) is 20.0. The molecule has 2 N–H and O–H groups in total. The van der Waals surface area contributed by atoms with E-state index < -0.39 is 36.1 Å². The van der Waals surface area contributed by atoms with E-state index in [2.05, 4.69) is 0 Å². The summed E-state index contributed by atoms with van der Waals surface area (Å²) in [6.07, 6.45) is -4.44. The lowest BCUT2D eigenvalue weighted by Crippen LogP contribution is -2.45. The van der Waals surface area contributed by atoms with E-state index in [4.69, 9.17) is 9.47 Å². The number of carbonyl (C=O) groups is 4. The number of benzene rings is 2. The minimum atomic E-state index is -2.22. The molecule has 0 heterocycles. The molecule has 0 aliphatic carbocycles. The molecular weight excluding hydrogens is 356 g/mol. The van der Waals surface area contributed by atoms with Crippen LogP contribution in [0, 0.1) is 6.92 Å². The number of carboxylic acids is 2. The number of ether oxygens (including phenoxy) is 2. The summed E-state index contributed by atoms with van der Waals surface area (Å²) >= 11 is 0. The SMILES string of the molecule is Cc1ccc(C(=O)OC(C(=O)O)C(OC(=O)c2ccccc2)C(=O)O)cc1. The average Bonchev–Trinajstić information content (AvgIpc) is 2.65. The van der Waals surface area contributed by atoms with Gasteiger partial charge in [-0.2, -0.15) is 0 Å². The fraction of sp³-hybridized carbons (Fsp3) is 0.158. The van der Waals surface area contributed by atoms with Crippen molar-refractivity contribution < 1.29 is 38.9 Å². The Morgan fingerprint density at radius 3 is 1.52 bits per heavy atom. The number of hydrogen-bond acceptors (Lipinski definition) is 6. The summed E-state index contributed by atoms with van der Waals surface area (Å²) in [5, 5.41) is 18.6. The highest BCUT2D eigenvalue weighted by atomic mass is 16.6. The van der Waals surface area contributed by atoms with E-state index in [1.165, 1.54) is 36.4 Å². The first kappa shape index (κ1) is 19.6. The van der Waals surface area contributed by atoms with Gasteiger partial charge in [0, 0.05) is 0 Å². The molecule has 0 aromatic heterocycles. The second-order valence-electron chi connectivity index (χ2n) is 5.56. The summed E-state index contributed by atoms with van der Waals surface area (Å²) in [7, 11) is 0. The monoisotopic (exact) mass is 372 g/mol. The van der Waals surface area contributed by atoms with Gasteiger partial charge < -0.3 is 19.7 Å². The number of aryl methyl sites for hydroxylation is 1. The van der Waals surface area contributed by atoms with Crippen LogP contribution in [0.1, 0.15) is 26.3 Å². The van der Waals surface area contributed by atoms with Crippen LogP contribution in [0.5, 0.6) is 0 Å². The van der Waals surface area contributed by atoms with Crippen molar-refractivity contribution in [3.63, 3.8) is 0 Å². The third kappa shape index (κ3) is 5.15. The smallest absolute Gasteiger partial charge is 0.349 e. The lowest BCUT2D eigenvalue weighted by molar-refractivity contribution is -0.166. The Labute approximate surface area is 154 Å². The molecule has 0 spiro atoms. The van der Waals surface area contributed by atoms with E-state index in [1.54, 1.807) is 25.1 Å². The van der Waals surface area contributed by atoms with Crippen molar-refractivity contribution in [2.45, 2.75) is 19.1 Å². The molecule has 27 heavy (non-hydrogen) atoms. The minimum absolute atomic E-state index is 0.0257. The van der Waals surface area contributed by atoms with Crippen molar-refractivity contribution >= 4 is 23.9 Å². The molecule has 2 aromatic carbocycles. The van der Waals surface area contributed by atoms with E-state index in [0.29, 0.717) is 0 Å². The predicted octanol–water partition coefficient (Wildman–Crippen LogP) is 1.92. The van der Waals surface area contributed by atoms with Gasteiger partial charge in [-0.1, -0.05) is 35.9 Å². The summed E-state index contributed by atoms with van der Waals surface area (Å²) in [5.41, 5.74) is 0.921. The van der Waals surface area contributed by atoms with Gasteiger partial charge >= 0.3 is 23.9 Å². The maximum Gasteiger partial charge on any atom is 0.349 e. The van der Waals surface area contributed by atoms with E-state index in [1.807, 2.05) is 0 Å². The van der Waals surface area contributed by atoms with Crippen LogP contribution in [-0.2, 0) is 19.1 Å². The first-order valence-electron chi connectivity index (χ1n) is 7.79. The van der Waals surface area contributed by atoms with Gasteiger partial charge in [0.05, 0.1) is 11.1 Å². The molecule has 140 valence electrons. The zero-order valence-corrected chi connectivity index (χ0v) is 14.2. The molecule has 0 amide bonds. The Kier molecular flexibility index (Phi) is 6.27. The first-order chi connectivity index (χ1) is 12.8. The fourth-order valence-electron chi connectivity index (χ4n) is 2.11. The van der Waals surface area contributed by atoms with Crippen LogP contribution in [0.25, 0.3) is 0 Å². The molecular formula is C19H16O8. The Balaban J connectivity index is 2.21. The van der Waals surface area contributed by atoms with Crippen LogP contribution in [0.3, 0.4) is 0 Å². The Bertz CT molecular complexity index is 842. The van der Waals surface area contributed by atoms with Crippen LogP contribution >= 0.6 is 0 Å². The van der Waals surface area contributed by atoms with E-state index in [-0.39, 0.29) is 11.1 Å². The summed E-state index contributed by atoms with van der Waals surface area (Å²) < 4.78 is 9.58. The van der Waals surface area contributed by atoms with Gasteiger partial charge in [0.2, 0.25) is 12.2 Å². The molecule has 0 bridgehead atoms. The van der Waals surface area contributed by atoms with Gasteiger partial charge in [0.1, 0.15) is 0 Å². The van der Waals surface area contributed by atoms with Gasteiger partial charge in [-0.05, 0) is 31.2 Å². The van der Waals surface area contributed by atoms with Gasteiger partial charge in [-0.3, -0.25) is 0 Å². The highest BCUT2D eigenvalue weighted by molar-refractivity contribution is 5.95. The van der Waals surface area contributed by atoms with Crippen LogP contribution in [0.4, 0.5) is 0 Å². The molecule has 2 aromatic rings. The third-order valence-corrected chi connectivity index (χ3v) is 3.53. The summed E-state index contributed by atoms with van der Waals surface area (Å²) in [6, 6.07) is 13.5. The highest BCUT2D eigenvalue weighted by Crippen LogP contribution is 2.14. The van der Waals surface area contributed by atoms with E-state index >= 15 is 0 Å². The standard InChI is InChI=1S/C19H16O8/c1-11-7-9-13(10-8-11)19(25)27-15(17(22)23)14(16(20)21)26-18(24)12-5-3-2-4-6-12/h2-10,14-15H,1H3,(H,20,21)(H,22,23). The largest absolute Gasteiger partial charge is 0.478 e. The van der Waals surface area contributed by atoms with Crippen LogP contribution in [-0.4, -0.2) is 46.3 Å². The average molecular weight is 372 g/mol. The molecule has 0 saturated heterocycles. The molecule has 0 radical (unpaired) electrons. The van der Waals surface area contributed by atoms with Crippen LogP contribution in [0.2, 0.25) is 0 Å². The Morgan fingerprint density at radius 2 is 1.11 bits per heavy atom. The Hall–Kier alpha value is -3.68. The summed E-state index contributed by atoms with van der Waals surface area (Å²) in [4.78, 5) is 47.1. The number of aliphatic carboxylic acids is 2. The van der Waals surface area contributed by atoms with Gasteiger partial charge in [-0.25, -0.2) is 19.2 Å². The van der Waals surface area contributed by atoms with Crippen LogP contribution in [0.15, 0.2) is 54.6 Å². The number of hydrogen-bond donors (Lipinski definition) is 2. The number of esters is 2. The second-order valence-corrected chi connectivity index (χ2v) is 5.56. The van der Waals surface area contributed by atoms with Crippen molar-refractivity contribution in [1.29, 1.82) is 0 Å². The van der Waals surface area contributed by atoms with Crippen LogP contribution < -0.4 is 0 Å². The molecule has 8 heteroatoms. The maximum atomic E-state index is 12.1. The molecule has 0 aliphatic rings. The topological polar surface area (TPSA) is 127 Å². The first-order valence-corrected chi connectivity index (χ1v) is 7.79. The highest BCUT2D eigenvalue weighted by Gasteiger charge is 2.40. The molecule has 8 nitrogen and oxygen atoms in total. The lowest BCUT2D eigenvalue weighted by atomic mass is 10.1. The van der Waals surface area contributed by atoms with Crippen molar-refractivity contribution in [3.05, 3.63) is 71.3 Å². The van der Waals surface area contributed by atoms with Crippen molar-refractivity contribution in [2.24, 2.45) is 0 Å². The van der Waals surface area contributed by atoms with Gasteiger partial charge in [0.25, 0.3) is 0 Å². The lowest BCUT2D eigenvalue weighted by Gasteiger charge is -2.21. The molecule has 0 aliphatic heterocycles. The summed E-state index contributed by atoms with van der Waals surface area (Å²) in [6.45, 7) is 1.79. The fourth-order valence-corrected chi connectivity index (χ4v) is 2.11. The molecule has 0 saturated carbocycles. The number of rotatable bonds is 7. The summed E-state index contributed by atoms with van der Waals surface area (Å²) in [5.74, 6) is -5.63. The molecule has 2 atom stereocenters. The Morgan fingerprint density at radius 1 is 0.704 bits per heavy atom. The van der Waals surface area contributed by atoms with Crippen molar-refractivity contribution in [3.8, 4) is 0 Å². The van der Waals surface area contributed by atoms with E-state index in [0.717, 1.165) is 5.56 Å². The second kappa shape index (κ2) is 8.61. The van der Waals surface area contributed by atoms with Crippen molar-refractivity contribution in [2.75, 3.05) is 0 Å². The minimum Gasteiger partial charge on any atom is -0.478 e. The third-order valence-electron chi connectivity index (χ3n) is 3.53. The quantitative estimate of drug-likeness (QED) is 0.706. The zero-order valence-electron chi connectivity index (χ0n) is 14.2. The predicted molar refractivity (Wildman–Crippen MR) is 91.3 cm³/mol. The normalized spacial score (nSPS) is 12.5. The number of carboxylic acid groups (broad SMARTS) is 2. The van der Waals surface area contributed by atoms with Gasteiger partial charge in [-0.15, -0.1) is 0 Å². The molecule has 2 unspecified atom stereocenters. The van der Waals surface area contributed by atoms with Crippen molar-refractivity contribution in [1.82, 2.24) is 0 Å². The van der Waals surface area contributed by atoms with Gasteiger partial charge in [0.15, 0.2) is 0 Å².